The number of hydrogen-bond donors (Lipinski definition) is 1. The van der Waals surface area contributed by atoms with Crippen LogP contribution in [-0.4, -0.2) is 18.6 Å². The Kier molecular flexibility index (Phi) is 6.57. The lowest BCUT2D eigenvalue weighted by Gasteiger charge is -2.07. The number of nitrogens with zero attached hydrogens (tertiary/aromatic N) is 1. The highest BCUT2D eigenvalue weighted by atomic mass is 32.2. The van der Waals surface area contributed by atoms with Crippen molar-refractivity contribution in [1.82, 2.24) is 0 Å². The number of hydrogen-bond acceptors (Lipinski definition) is 3. The van der Waals surface area contributed by atoms with Gasteiger partial charge in [-0.2, -0.15) is 17.0 Å². The second-order valence-electron chi connectivity index (χ2n) is 4.12. The summed E-state index contributed by atoms with van der Waals surface area (Å²) in [6.07, 6.45) is 5.94. The molecule has 1 N–H and O–H groups in total. The molecular weight excluding hydrogens is 228 g/mol. The Morgan fingerprint density at radius 1 is 1.29 bits per heavy atom. The summed E-state index contributed by atoms with van der Waals surface area (Å²) in [5, 5.41) is 12.2. The first-order chi connectivity index (χ1) is 8.27. The summed E-state index contributed by atoms with van der Waals surface area (Å²) in [4.78, 5) is 0. The fraction of sp³-hybridized carbons (Fsp3) is 0.500. The van der Waals surface area contributed by atoms with Crippen molar-refractivity contribution in [3.05, 3.63) is 29.3 Å². The van der Waals surface area contributed by atoms with Crippen LogP contribution in [0.25, 0.3) is 0 Å². The monoisotopic (exact) mass is 248 g/mol. The van der Waals surface area contributed by atoms with Crippen LogP contribution >= 0.6 is 11.8 Å². The highest BCUT2D eigenvalue weighted by molar-refractivity contribution is 7.98. The van der Waals surface area contributed by atoms with Gasteiger partial charge in [0.2, 0.25) is 0 Å². The standard InChI is InChI=1S/C14H20N2S/c1-12-10-14(7-6-13(12)11-15)16-8-4-3-5-9-17-2/h6-7,10,16H,3-5,8-9H2,1-2H3. The lowest BCUT2D eigenvalue weighted by molar-refractivity contribution is 0.750. The van der Waals surface area contributed by atoms with Crippen molar-refractivity contribution >= 4 is 17.4 Å². The summed E-state index contributed by atoms with van der Waals surface area (Å²) in [5.74, 6) is 1.26. The van der Waals surface area contributed by atoms with E-state index in [2.05, 4.69) is 17.6 Å². The van der Waals surface area contributed by atoms with Crippen LogP contribution in [0.4, 0.5) is 5.69 Å². The van der Waals surface area contributed by atoms with Crippen molar-refractivity contribution in [2.24, 2.45) is 0 Å². The molecule has 0 fully saturated rings. The molecule has 0 heterocycles. The normalized spacial score (nSPS) is 9.94. The average Bonchev–Trinajstić information content (AvgIpc) is 2.34. The maximum absolute atomic E-state index is 8.83. The number of nitriles is 1. The smallest absolute Gasteiger partial charge is 0.0994 e. The molecule has 1 aromatic rings. The van der Waals surface area contributed by atoms with E-state index in [1.54, 1.807) is 0 Å². The molecule has 0 saturated heterocycles. The highest BCUT2D eigenvalue weighted by Crippen LogP contribution is 2.14. The van der Waals surface area contributed by atoms with Gasteiger partial charge in [-0.25, -0.2) is 0 Å². The molecule has 0 aromatic heterocycles. The second-order valence-corrected chi connectivity index (χ2v) is 5.11. The fourth-order valence-corrected chi connectivity index (χ4v) is 2.17. The summed E-state index contributed by atoms with van der Waals surface area (Å²) in [6, 6.07) is 8.08. The van der Waals surface area contributed by atoms with E-state index in [0.29, 0.717) is 0 Å². The van der Waals surface area contributed by atoms with Gasteiger partial charge in [-0.1, -0.05) is 6.42 Å². The molecule has 3 heteroatoms. The minimum Gasteiger partial charge on any atom is -0.385 e. The van der Waals surface area contributed by atoms with E-state index in [9.17, 15) is 0 Å². The van der Waals surface area contributed by atoms with Crippen LogP contribution in [0.1, 0.15) is 30.4 Å². The molecule has 0 radical (unpaired) electrons. The van der Waals surface area contributed by atoms with Crippen LogP contribution in [0.2, 0.25) is 0 Å². The van der Waals surface area contributed by atoms with E-state index in [-0.39, 0.29) is 0 Å². The Balaban J connectivity index is 2.28. The Hall–Kier alpha value is -1.14. The van der Waals surface area contributed by atoms with Crippen LogP contribution in [0.5, 0.6) is 0 Å². The molecule has 0 amide bonds. The van der Waals surface area contributed by atoms with Gasteiger partial charge in [-0.3, -0.25) is 0 Å². The third-order valence-electron chi connectivity index (χ3n) is 2.70. The molecule has 92 valence electrons. The van der Waals surface area contributed by atoms with Crippen molar-refractivity contribution in [3.63, 3.8) is 0 Å². The molecule has 0 saturated carbocycles. The van der Waals surface area contributed by atoms with Gasteiger partial charge in [0.1, 0.15) is 0 Å². The van der Waals surface area contributed by atoms with E-state index in [4.69, 9.17) is 5.26 Å². The minimum absolute atomic E-state index is 0.760. The number of thioether (sulfide) groups is 1. The molecule has 0 aliphatic rings. The predicted molar refractivity (Wildman–Crippen MR) is 76.6 cm³/mol. The zero-order chi connectivity index (χ0) is 12.5. The Bertz CT molecular complexity index is 382. The number of aryl methyl sites for hydroxylation is 1. The van der Waals surface area contributed by atoms with Crippen molar-refractivity contribution in [1.29, 1.82) is 5.26 Å². The molecule has 2 nitrogen and oxygen atoms in total. The van der Waals surface area contributed by atoms with Crippen LogP contribution in [-0.2, 0) is 0 Å². The second kappa shape index (κ2) is 8.03. The van der Waals surface area contributed by atoms with Gasteiger partial charge in [-0.05, 0) is 55.5 Å². The van der Waals surface area contributed by atoms with Crippen molar-refractivity contribution in [2.45, 2.75) is 26.2 Å². The summed E-state index contributed by atoms with van der Waals surface area (Å²) in [7, 11) is 0. The van der Waals surface area contributed by atoms with E-state index in [1.807, 2.05) is 36.9 Å². The third-order valence-corrected chi connectivity index (χ3v) is 3.40. The zero-order valence-electron chi connectivity index (χ0n) is 10.6. The first-order valence-electron chi connectivity index (χ1n) is 6.01. The summed E-state index contributed by atoms with van der Waals surface area (Å²) in [5.41, 5.74) is 2.92. The summed E-state index contributed by atoms with van der Waals surface area (Å²) >= 11 is 1.91. The highest BCUT2D eigenvalue weighted by Gasteiger charge is 1.98. The van der Waals surface area contributed by atoms with E-state index in [0.717, 1.165) is 23.4 Å². The first-order valence-corrected chi connectivity index (χ1v) is 7.41. The molecule has 0 unspecified atom stereocenters. The molecule has 0 spiro atoms. The summed E-state index contributed by atoms with van der Waals surface area (Å²) in [6.45, 7) is 2.99. The van der Waals surface area contributed by atoms with Gasteiger partial charge < -0.3 is 5.32 Å². The summed E-state index contributed by atoms with van der Waals surface area (Å²) < 4.78 is 0. The van der Waals surface area contributed by atoms with Crippen LogP contribution < -0.4 is 5.32 Å². The fourth-order valence-electron chi connectivity index (χ4n) is 1.68. The lowest BCUT2D eigenvalue weighted by atomic mass is 10.1. The van der Waals surface area contributed by atoms with Crippen molar-refractivity contribution in [3.8, 4) is 6.07 Å². The van der Waals surface area contributed by atoms with Gasteiger partial charge in [0.25, 0.3) is 0 Å². The molecule has 1 aromatic carbocycles. The molecule has 0 aliphatic carbocycles. The number of benzene rings is 1. The van der Waals surface area contributed by atoms with Crippen LogP contribution in [0.15, 0.2) is 18.2 Å². The lowest BCUT2D eigenvalue weighted by Crippen LogP contribution is -2.02. The Morgan fingerprint density at radius 2 is 2.12 bits per heavy atom. The van der Waals surface area contributed by atoms with Gasteiger partial charge in [0, 0.05) is 12.2 Å². The van der Waals surface area contributed by atoms with E-state index >= 15 is 0 Å². The molecule has 0 aliphatic heterocycles. The molecule has 1 rings (SSSR count). The third kappa shape index (κ3) is 5.14. The Labute approximate surface area is 108 Å². The molecule has 0 bridgehead atoms. The number of unbranched alkanes of at least 4 members (excludes halogenated alkanes) is 2. The first kappa shape index (κ1) is 13.9. The molecular formula is C14H20N2S. The topological polar surface area (TPSA) is 35.8 Å². The quantitative estimate of drug-likeness (QED) is 0.745. The van der Waals surface area contributed by atoms with Gasteiger partial charge >= 0.3 is 0 Å². The molecule has 17 heavy (non-hydrogen) atoms. The number of rotatable bonds is 7. The van der Waals surface area contributed by atoms with Crippen molar-refractivity contribution in [2.75, 3.05) is 23.9 Å². The van der Waals surface area contributed by atoms with E-state index in [1.165, 1.54) is 25.0 Å². The number of nitrogens with one attached hydrogen (secondary N) is 1. The SMILES string of the molecule is CSCCCCCNc1ccc(C#N)c(C)c1. The van der Waals surface area contributed by atoms with Crippen molar-refractivity contribution < 1.29 is 0 Å². The largest absolute Gasteiger partial charge is 0.385 e. The Morgan fingerprint density at radius 3 is 2.76 bits per heavy atom. The van der Waals surface area contributed by atoms with Crippen LogP contribution in [0, 0.1) is 18.3 Å². The predicted octanol–water partition coefficient (Wildman–Crippen LogP) is 3.81. The average molecular weight is 248 g/mol. The maximum atomic E-state index is 8.83. The molecule has 0 atom stereocenters. The minimum atomic E-state index is 0.760. The van der Waals surface area contributed by atoms with Gasteiger partial charge in [-0.15, -0.1) is 0 Å². The maximum Gasteiger partial charge on any atom is 0.0994 e. The van der Waals surface area contributed by atoms with Gasteiger partial charge in [0.15, 0.2) is 0 Å². The van der Waals surface area contributed by atoms with E-state index < -0.39 is 0 Å². The number of anilines is 1. The van der Waals surface area contributed by atoms with Gasteiger partial charge in [0.05, 0.1) is 11.6 Å². The zero-order valence-corrected chi connectivity index (χ0v) is 11.4. The van der Waals surface area contributed by atoms with Crippen LogP contribution in [0.3, 0.4) is 0 Å².